The van der Waals surface area contributed by atoms with E-state index in [0.717, 1.165) is 0 Å². The highest BCUT2D eigenvalue weighted by molar-refractivity contribution is 5.23. The average Bonchev–Trinajstić information content (AvgIpc) is 2.17. The summed E-state index contributed by atoms with van der Waals surface area (Å²) in [6, 6.07) is 8.36. The van der Waals surface area contributed by atoms with Gasteiger partial charge in [-0.15, -0.1) is 25.7 Å². The van der Waals surface area contributed by atoms with Crippen LogP contribution in [0.15, 0.2) is 24.3 Å². The van der Waals surface area contributed by atoms with Crippen LogP contribution in [-0.4, -0.2) is 0 Å². The molecule has 0 atom stereocenters. The van der Waals surface area contributed by atoms with Crippen molar-refractivity contribution in [3.63, 3.8) is 0 Å². The van der Waals surface area contributed by atoms with E-state index in [2.05, 4.69) is 63.8 Å². The van der Waals surface area contributed by atoms with Crippen molar-refractivity contribution < 1.29 is 0 Å². The summed E-state index contributed by atoms with van der Waals surface area (Å²) in [6.07, 6.45) is 16.0. The van der Waals surface area contributed by atoms with E-state index in [1.807, 2.05) is 0 Å². The normalized spacial score (nSPS) is 6.50. The van der Waals surface area contributed by atoms with Crippen molar-refractivity contribution in [1.29, 1.82) is 0 Å². The standard InChI is InChI=1S/C8H10.2C2H2/c1-7-5-3-4-6-8(7)2;2*1-2/h3-6H,1-2H3;2*1-2H. The lowest BCUT2D eigenvalue weighted by atomic mass is 10.1. The Morgan fingerprint density at radius 2 is 1.00 bits per heavy atom. The first-order chi connectivity index (χ1) is 5.80. The average molecular weight is 158 g/mol. The first-order valence-electron chi connectivity index (χ1n) is 3.49. The zero-order valence-electron chi connectivity index (χ0n) is 7.62. The van der Waals surface area contributed by atoms with E-state index in [9.17, 15) is 0 Å². The lowest BCUT2D eigenvalue weighted by molar-refractivity contribution is 1.34. The Morgan fingerprint density at radius 3 is 1.17 bits per heavy atom. The molecule has 0 bridgehead atoms. The van der Waals surface area contributed by atoms with Gasteiger partial charge in [0.25, 0.3) is 0 Å². The number of aryl methyl sites for hydroxylation is 2. The molecule has 0 unspecified atom stereocenters. The zero-order valence-corrected chi connectivity index (χ0v) is 7.62. The van der Waals surface area contributed by atoms with Crippen molar-refractivity contribution in [3.05, 3.63) is 35.4 Å². The molecule has 0 aromatic heterocycles. The molecule has 0 aliphatic carbocycles. The summed E-state index contributed by atoms with van der Waals surface area (Å²) in [6.45, 7) is 4.24. The van der Waals surface area contributed by atoms with Gasteiger partial charge in [-0.1, -0.05) is 24.3 Å². The fourth-order valence-corrected chi connectivity index (χ4v) is 0.663. The van der Waals surface area contributed by atoms with Crippen LogP contribution < -0.4 is 0 Å². The Labute approximate surface area is 75.6 Å². The summed E-state index contributed by atoms with van der Waals surface area (Å²) < 4.78 is 0. The van der Waals surface area contributed by atoms with Gasteiger partial charge >= 0.3 is 0 Å². The van der Waals surface area contributed by atoms with Crippen LogP contribution in [0.1, 0.15) is 11.1 Å². The van der Waals surface area contributed by atoms with Gasteiger partial charge in [0.2, 0.25) is 0 Å². The smallest absolute Gasteiger partial charge is 0.0395 e. The number of hydrogen-bond donors (Lipinski definition) is 0. The largest absolute Gasteiger partial charge is 0.124 e. The van der Waals surface area contributed by atoms with E-state index in [0.29, 0.717) is 0 Å². The van der Waals surface area contributed by atoms with Gasteiger partial charge in [0.1, 0.15) is 0 Å². The van der Waals surface area contributed by atoms with E-state index in [1.54, 1.807) is 0 Å². The third kappa shape index (κ3) is 5.15. The van der Waals surface area contributed by atoms with E-state index in [-0.39, 0.29) is 0 Å². The molecule has 1 aromatic rings. The summed E-state index contributed by atoms with van der Waals surface area (Å²) in [4.78, 5) is 0. The van der Waals surface area contributed by atoms with Crippen LogP contribution in [0.5, 0.6) is 0 Å². The summed E-state index contributed by atoms with van der Waals surface area (Å²) in [5.74, 6) is 0. The molecule has 12 heavy (non-hydrogen) atoms. The second-order valence-corrected chi connectivity index (χ2v) is 2.08. The molecule has 0 nitrogen and oxygen atoms in total. The van der Waals surface area contributed by atoms with E-state index >= 15 is 0 Å². The molecule has 0 spiro atoms. The van der Waals surface area contributed by atoms with Crippen molar-refractivity contribution in [2.45, 2.75) is 13.8 Å². The summed E-state index contributed by atoms with van der Waals surface area (Å²) in [5, 5.41) is 0. The third-order valence-electron chi connectivity index (χ3n) is 1.43. The Bertz CT molecular complexity index is 213. The molecule has 0 fully saturated rings. The van der Waals surface area contributed by atoms with Crippen LogP contribution in [0, 0.1) is 39.5 Å². The number of benzene rings is 1. The van der Waals surface area contributed by atoms with Crippen LogP contribution in [0.2, 0.25) is 0 Å². The number of rotatable bonds is 0. The predicted molar refractivity (Wildman–Crippen MR) is 55.7 cm³/mol. The maximum Gasteiger partial charge on any atom is -0.0395 e. The van der Waals surface area contributed by atoms with Crippen molar-refractivity contribution in [3.8, 4) is 25.7 Å². The molecule has 0 aliphatic rings. The highest BCUT2D eigenvalue weighted by atomic mass is 13.9. The molecule has 0 aliphatic heterocycles. The van der Waals surface area contributed by atoms with E-state index in [4.69, 9.17) is 0 Å². The van der Waals surface area contributed by atoms with Crippen LogP contribution in [0.4, 0.5) is 0 Å². The Hall–Kier alpha value is -1.66. The molecule has 0 N–H and O–H groups in total. The van der Waals surface area contributed by atoms with Gasteiger partial charge in [0.15, 0.2) is 0 Å². The quantitative estimate of drug-likeness (QED) is 0.509. The molecule has 0 saturated carbocycles. The third-order valence-corrected chi connectivity index (χ3v) is 1.43. The molecule has 1 rings (SSSR count). The predicted octanol–water partition coefficient (Wildman–Crippen LogP) is 2.80. The molecule has 0 heteroatoms. The highest BCUT2D eigenvalue weighted by Crippen LogP contribution is 2.02. The van der Waals surface area contributed by atoms with Crippen LogP contribution in [-0.2, 0) is 0 Å². The minimum atomic E-state index is 1.37. The minimum absolute atomic E-state index is 1.37. The Kier molecular flexibility index (Phi) is 10.1. The molecular weight excluding hydrogens is 144 g/mol. The first kappa shape index (κ1) is 13.0. The second kappa shape index (κ2) is 9.34. The topological polar surface area (TPSA) is 0 Å². The van der Waals surface area contributed by atoms with Gasteiger partial charge in [-0.05, 0) is 25.0 Å². The maximum absolute atomic E-state index is 4.00. The van der Waals surface area contributed by atoms with Crippen molar-refractivity contribution in [2.75, 3.05) is 0 Å². The summed E-state index contributed by atoms with van der Waals surface area (Å²) in [5.41, 5.74) is 2.74. The monoisotopic (exact) mass is 158 g/mol. The molecule has 0 heterocycles. The van der Waals surface area contributed by atoms with E-state index < -0.39 is 0 Å². The first-order valence-corrected chi connectivity index (χ1v) is 3.49. The fourth-order valence-electron chi connectivity index (χ4n) is 0.663. The van der Waals surface area contributed by atoms with Crippen molar-refractivity contribution >= 4 is 0 Å². The molecular formula is C12H14. The van der Waals surface area contributed by atoms with Gasteiger partial charge in [-0.2, -0.15) is 0 Å². The zero-order chi connectivity index (χ0) is 9.98. The van der Waals surface area contributed by atoms with Crippen LogP contribution in [0.3, 0.4) is 0 Å². The lowest BCUT2D eigenvalue weighted by Crippen LogP contribution is -1.74. The van der Waals surface area contributed by atoms with Gasteiger partial charge < -0.3 is 0 Å². The number of hydrogen-bond acceptors (Lipinski definition) is 0. The summed E-state index contributed by atoms with van der Waals surface area (Å²) >= 11 is 0. The molecule has 0 radical (unpaired) electrons. The van der Waals surface area contributed by atoms with Crippen LogP contribution >= 0.6 is 0 Å². The lowest BCUT2D eigenvalue weighted by Gasteiger charge is -1.93. The Balaban J connectivity index is 0. The maximum atomic E-state index is 4.00. The van der Waals surface area contributed by atoms with Gasteiger partial charge in [0, 0.05) is 0 Å². The van der Waals surface area contributed by atoms with Gasteiger partial charge in [0.05, 0.1) is 0 Å². The van der Waals surface area contributed by atoms with Crippen molar-refractivity contribution in [1.82, 2.24) is 0 Å². The minimum Gasteiger partial charge on any atom is -0.124 e. The SMILES string of the molecule is C#C.C#C.Cc1ccccc1C. The highest BCUT2D eigenvalue weighted by Gasteiger charge is 1.83. The molecule has 1 aromatic carbocycles. The fraction of sp³-hybridized carbons (Fsp3) is 0.167. The molecule has 0 amide bonds. The number of terminal acetylenes is 2. The van der Waals surface area contributed by atoms with Crippen molar-refractivity contribution in [2.24, 2.45) is 0 Å². The molecule has 62 valence electrons. The second-order valence-electron chi connectivity index (χ2n) is 2.08. The van der Waals surface area contributed by atoms with E-state index in [1.165, 1.54) is 11.1 Å². The molecule has 0 saturated heterocycles. The van der Waals surface area contributed by atoms with Gasteiger partial charge in [-0.3, -0.25) is 0 Å². The van der Waals surface area contributed by atoms with Crippen LogP contribution in [0.25, 0.3) is 0 Å². The Morgan fingerprint density at radius 1 is 0.750 bits per heavy atom. The summed E-state index contributed by atoms with van der Waals surface area (Å²) in [7, 11) is 0. The van der Waals surface area contributed by atoms with Gasteiger partial charge in [-0.25, -0.2) is 0 Å².